The van der Waals surface area contributed by atoms with Crippen molar-refractivity contribution in [3.63, 3.8) is 0 Å². The summed E-state index contributed by atoms with van der Waals surface area (Å²) in [5.41, 5.74) is 0.443. The highest BCUT2D eigenvalue weighted by Crippen LogP contribution is 2.31. The zero-order valence-corrected chi connectivity index (χ0v) is 14.7. The molecule has 1 N–H and O–H groups in total. The van der Waals surface area contributed by atoms with Gasteiger partial charge in [0.1, 0.15) is 0 Å². The molecule has 0 spiro atoms. The van der Waals surface area contributed by atoms with Crippen molar-refractivity contribution in [2.24, 2.45) is 11.8 Å². The molecule has 2 aliphatic rings. The third-order valence-corrected chi connectivity index (χ3v) is 6.88. The molecule has 2 saturated heterocycles. The number of sulfone groups is 1. The molecule has 2 heterocycles. The maximum Gasteiger partial charge on any atom is 0.407 e. The maximum atomic E-state index is 12.3. The molecule has 2 fully saturated rings. The van der Waals surface area contributed by atoms with Crippen LogP contribution in [0.3, 0.4) is 0 Å². The molecule has 1 aromatic carbocycles. The zero-order valence-electron chi connectivity index (χ0n) is 13.8. The van der Waals surface area contributed by atoms with Crippen molar-refractivity contribution < 1.29 is 18.3 Å². The molecule has 2 aliphatic heterocycles. The lowest BCUT2D eigenvalue weighted by molar-refractivity contribution is 0.149. The Morgan fingerprint density at radius 1 is 1.16 bits per heavy atom. The van der Waals surface area contributed by atoms with E-state index in [-0.39, 0.29) is 10.6 Å². The molecule has 1 amide bonds. The summed E-state index contributed by atoms with van der Waals surface area (Å²) >= 11 is 0. The fourth-order valence-electron chi connectivity index (χ4n) is 3.76. The van der Waals surface area contributed by atoms with E-state index in [2.05, 4.69) is 4.90 Å². The van der Waals surface area contributed by atoms with Crippen LogP contribution < -0.4 is 0 Å². The minimum atomic E-state index is -3.34. The number of likely N-dealkylation sites (tertiary alicyclic amines) is 2. The highest BCUT2D eigenvalue weighted by molar-refractivity contribution is 7.91. The molecule has 2 atom stereocenters. The van der Waals surface area contributed by atoms with Crippen LogP contribution in [-0.2, 0) is 9.84 Å². The second-order valence-corrected chi connectivity index (χ2v) is 8.89. The molecule has 0 saturated carbocycles. The summed E-state index contributed by atoms with van der Waals surface area (Å²) < 4.78 is 24.7. The van der Waals surface area contributed by atoms with Crippen LogP contribution in [0.2, 0.25) is 0 Å². The van der Waals surface area contributed by atoms with E-state index in [1.165, 1.54) is 29.2 Å². The second-order valence-electron chi connectivity index (χ2n) is 6.78. The number of rotatable bonds is 5. The minimum absolute atomic E-state index is 0.0754. The zero-order chi connectivity index (χ0) is 18.0. The first-order valence-electron chi connectivity index (χ1n) is 8.32. The lowest BCUT2D eigenvalue weighted by Gasteiger charge is -2.19. The van der Waals surface area contributed by atoms with Crippen LogP contribution in [0.4, 0.5) is 4.79 Å². The van der Waals surface area contributed by atoms with Crippen LogP contribution in [0.25, 0.3) is 0 Å². The number of hydrogen-bond acceptors (Lipinski definition) is 5. The lowest BCUT2D eigenvalue weighted by Crippen LogP contribution is -2.32. The summed E-state index contributed by atoms with van der Waals surface area (Å²) in [6.07, 6.45) is -0.306. The molecule has 0 aliphatic carbocycles. The molecule has 8 heteroatoms. The number of benzene rings is 1. The van der Waals surface area contributed by atoms with Crippen molar-refractivity contribution in [3.8, 4) is 6.07 Å². The van der Waals surface area contributed by atoms with E-state index < -0.39 is 15.9 Å². The van der Waals surface area contributed by atoms with E-state index in [9.17, 15) is 13.2 Å². The molecule has 7 nitrogen and oxygen atoms in total. The summed E-state index contributed by atoms with van der Waals surface area (Å²) in [7, 11) is -3.34. The van der Waals surface area contributed by atoms with Gasteiger partial charge in [0, 0.05) is 26.2 Å². The van der Waals surface area contributed by atoms with Crippen LogP contribution in [0.5, 0.6) is 0 Å². The molecule has 1 aromatic rings. The van der Waals surface area contributed by atoms with Gasteiger partial charge in [-0.3, -0.25) is 0 Å². The molecular formula is C17H21N3O4S. The topological polar surface area (TPSA) is 102 Å². The Labute approximate surface area is 147 Å². The molecule has 3 rings (SSSR count). The van der Waals surface area contributed by atoms with E-state index in [1.54, 1.807) is 0 Å². The fraction of sp³-hybridized carbons (Fsp3) is 0.529. The molecule has 134 valence electrons. The average molecular weight is 363 g/mol. The van der Waals surface area contributed by atoms with E-state index in [0.29, 0.717) is 43.5 Å². The lowest BCUT2D eigenvalue weighted by atomic mass is 10.0. The van der Waals surface area contributed by atoms with Gasteiger partial charge in [0.25, 0.3) is 0 Å². The first-order valence-corrected chi connectivity index (χ1v) is 9.97. The number of carboxylic acid groups (broad SMARTS) is 1. The Kier molecular flexibility index (Phi) is 4.97. The maximum absolute atomic E-state index is 12.3. The summed E-state index contributed by atoms with van der Waals surface area (Å²) in [6.45, 7) is 3.55. The Bertz CT molecular complexity index is 771. The van der Waals surface area contributed by atoms with E-state index in [4.69, 9.17) is 10.4 Å². The number of amides is 1. The standard InChI is InChI=1S/C17H21N3O4S/c18-8-13-2-4-16(5-3-13)25(23,24)7-1-6-19-9-14-11-20(17(21)22)12-15(14)10-19/h2-5,14-15H,1,6-7,9-12H2,(H,21,22). The van der Waals surface area contributed by atoms with Gasteiger partial charge in [-0.2, -0.15) is 5.26 Å². The van der Waals surface area contributed by atoms with Gasteiger partial charge in [-0.15, -0.1) is 0 Å². The number of fused-ring (bicyclic) bond motifs is 1. The number of carbonyl (C=O) groups is 1. The van der Waals surface area contributed by atoms with Gasteiger partial charge in [-0.25, -0.2) is 13.2 Å². The molecule has 0 bridgehead atoms. The first kappa shape index (κ1) is 17.7. The normalized spacial score (nSPS) is 23.4. The quantitative estimate of drug-likeness (QED) is 0.845. The largest absolute Gasteiger partial charge is 0.465 e. The third kappa shape index (κ3) is 3.94. The Balaban J connectivity index is 1.47. The van der Waals surface area contributed by atoms with Crippen LogP contribution in [0.15, 0.2) is 29.2 Å². The fourth-order valence-corrected chi connectivity index (χ4v) is 5.06. The SMILES string of the molecule is N#Cc1ccc(S(=O)(=O)CCCN2CC3CN(C(=O)O)CC3C2)cc1. The Morgan fingerprint density at radius 2 is 1.76 bits per heavy atom. The minimum Gasteiger partial charge on any atom is -0.465 e. The van der Waals surface area contributed by atoms with Crippen molar-refractivity contribution in [2.75, 3.05) is 38.5 Å². The van der Waals surface area contributed by atoms with Gasteiger partial charge < -0.3 is 14.9 Å². The van der Waals surface area contributed by atoms with Gasteiger partial charge in [0.15, 0.2) is 9.84 Å². The van der Waals surface area contributed by atoms with Crippen molar-refractivity contribution >= 4 is 15.9 Å². The summed E-state index contributed by atoms with van der Waals surface area (Å²) in [4.78, 5) is 15.0. The van der Waals surface area contributed by atoms with E-state index in [1.807, 2.05) is 6.07 Å². The summed E-state index contributed by atoms with van der Waals surface area (Å²) in [5, 5.41) is 17.8. The van der Waals surface area contributed by atoms with Crippen LogP contribution >= 0.6 is 0 Å². The number of nitrogens with zero attached hydrogens (tertiary/aromatic N) is 3. The molecule has 0 aromatic heterocycles. The number of hydrogen-bond donors (Lipinski definition) is 1. The van der Waals surface area contributed by atoms with Crippen molar-refractivity contribution in [1.82, 2.24) is 9.80 Å². The van der Waals surface area contributed by atoms with Gasteiger partial charge in [-0.1, -0.05) is 0 Å². The molecular weight excluding hydrogens is 342 g/mol. The molecule has 2 unspecified atom stereocenters. The second kappa shape index (κ2) is 7.02. The summed E-state index contributed by atoms with van der Waals surface area (Å²) in [6, 6.07) is 7.97. The van der Waals surface area contributed by atoms with Crippen molar-refractivity contribution in [3.05, 3.63) is 29.8 Å². The highest BCUT2D eigenvalue weighted by atomic mass is 32.2. The van der Waals surface area contributed by atoms with Crippen LogP contribution in [0, 0.1) is 23.2 Å². The summed E-state index contributed by atoms with van der Waals surface area (Å²) in [5.74, 6) is 0.809. The number of nitriles is 1. The van der Waals surface area contributed by atoms with Gasteiger partial charge in [0.2, 0.25) is 0 Å². The van der Waals surface area contributed by atoms with Gasteiger partial charge in [0.05, 0.1) is 22.3 Å². The van der Waals surface area contributed by atoms with E-state index in [0.717, 1.165) is 13.1 Å². The van der Waals surface area contributed by atoms with Gasteiger partial charge in [-0.05, 0) is 49.1 Å². The average Bonchev–Trinajstić information content (AvgIpc) is 3.13. The van der Waals surface area contributed by atoms with Crippen LogP contribution in [-0.4, -0.2) is 67.9 Å². The predicted molar refractivity (Wildman–Crippen MR) is 90.8 cm³/mol. The Hall–Kier alpha value is -2.11. The third-order valence-electron chi connectivity index (χ3n) is 5.06. The van der Waals surface area contributed by atoms with E-state index >= 15 is 0 Å². The highest BCUT2D eigenvalue weighted by Gasteiger charge is 2.41. The monoisotopic (exact) mass is 363 g/mol. The van der Waals surface area contributed by atoms with Gasteiger partial charge >= 0.3 is 6.09 Å². The van der Waals surface area contributed by atoms with Crippen molar-refractivity contribution in [1.29, 1.82) is 5.26 Å². The van der Waals surface area contributed by atoms with Crippen LogP contribution in [0.1, 0.15) is 12.0 Å². The van der Waals surface area contributed by atoms with Crippen molar-refractivity contribution in [2.45, 2.75) is 11.3 Å². The Morgan fingerprint density at radius 3 is 2.28 bits per heavy atom. The molecule has 25 heavy (non-hydrogen) atoms. The molecule has 0 radical (unpaired) electrons. The predicted octanol–water partition coefficient (Wildman–Crippen LogP) is 1.26. The smallest absolute Gasteiger partial charge is 0.407 e. The first-order chi connectivity index (χ1) is 11.9.